The SMILES string of the molecule is CCOc1cc([C@@H]2NC(=O)NC(C)=C2C(=O)OC)ccc1OC[C@@H](O)N/N=C\c1cc(Cl)c(OCC#N)c(OCC)c1. The van der Waals surface area contributed by atoms with Gasteiger partial charge >= 0.3 is 12.0 Å². The second-order valence-corrected chi connectivity index (χ2v) is 9.03. The monoisotopic (exact) mass is 601 g/mol. The molecule has 0 aliphatic carbocycles. The molecule has 0 saturated heterocycles. The molecule has 1 aliphatic rings. The normalized spacial score (nSPS) is 15.3. The number of ether oxygens (including phenoxy) is 5. The molecule has 0 fully saturated rings. The topological polar surface area (TPSA) is 173 Å². The number of aliphatic hydroxyl groups excluding tert-OH is 1. The van der Waals surface area contributed by atoms with Crippen molar-refractivity contribution in [3.8, 4) is 29.1 Å². The number of hydrazone groups is 1. The van der Waals surface area contributed by atoms with Crippen LogP contribution in [0.2, 0.25) is 5.02 Å². The average molecular weight is 602 g/mol. The maximum Gasteiger partial charge on any atom is 0.337 e. The number of nitriles is 1. The zero-order valence-corrected chi connectivity index (χ0v) is 24.3. The highest BCUT2D eigenvalue weighted by molar-refractivity contribution is 6.32. The highest BCUT2D eigenvalue weighted by Gasteiger charge is 2.32. The largest absolute Gasteiger partial charge is 0.490 e. The number of benzene rings is 2. The Labute approximate surface area is 248 Å². The second-order valence-electron chi connectivity index (χ2n) is 8.62. The van der Waals surface area contributed by atoms with Crippen LogP contribution < -0.4 is 35.0 Å². The first-order valence-electron chi connectivity index (χ1n) is 12.9. The number of esters is 1. The Bertz CT molecular complexity index is 1390. The van der Waals surface area contributed by atoms with Gasteiger partial charge in [0, 0.05) is 5.70 Å². The van der Waals surface area contributed by atoms with Crippen LogP contribution in [0.1, 0.15) is 37.9 Å². The fraction of sp³-hybridized carbons (Fsp3) is 0.357. The van der Waals surface area contributed by atoms with Crippen LogP contribution in [0.5, 0.6) is 23.0 Å². The molecule has 2 atom stereocenters. The standard InChI is InChI=1S/C28H32ClN5O8/c1-5-39-21-13-18(25-24(27(36)38-4)16(3)32-28(37)33-25)7-8-20(21)42-15-23(35)34-31-14-17-11-19(29)26(41-10-9-30)22(12-17)40-6-2/h7-8,11-14,23,25,34-35H,5-6,10,15H2,1-4H3,(H2,32,33,37)/b31-14-/t23-,25+/m1/s1. The van der Waals surface area contributed by atoms with E-state index in [0.29, 0.717) is 47.3 Å². The number of rotatable bonds is 14. The summed E-state index contributed by atoms with van der Waals surface area (Å²) in [6.07, 6.45) is 0.226. The van der Waals surface area contributed by atoms with Gasteiger partial charge in [0.2, 0.25) is 0 Å². The van der Waals surface area contributed by atoms with Crippen LogP contribution in [0, 0.1) is 11.3 Å². The fourth-order valence-electron chi connectivity index (χ4n) is 3.99. The summed E-state index contributed by atoms with van der Waals surface area (Å²) in [4.78, 5) is 24.5. The molecule has 13 nitrogen and oxygen atoms in total. The molecule has 0 bridgehead atoms. The molecular weight excluding hydrogens is 570 g/mol. The zero-order chi connectivity index (χ0) is 30.6. The number of amides is 2. The molecule has 0 saturated carbocycles. The van der Waals surface area contributed by atoms with Crippen LogP contribution in [0.4, 0.5) is 4.79 Å². The quantitative estimate of drug-likeness (QED) is 0.109. The Morgan fingerprint density at radius 2 is 1.90 bits per heavy atom. The first-order valence-corrected chi connectivity index (χ1v) is 13.3. The Balaban J connectivity index is 1.69. The first kappa shape index (κ1) is 31.9. The number of carbonyl (C=O) groups excluding carboxylic acids is 2. The number of aliphatic hydroxyl groups is 1. The molecule has 3 rings (SSSR count). The molecule has 2 aromatic rings. The number of methoxy groups -OCH3 is 1. The van der Waals surface area contributed by atoms with Crippen LogP contribution >= 0.6 is 11.6 Å². The van der Waals surface area contributed by atoms with Crippen molar-refractivity contribution in [2.75, 3.05) is 33.5 Å². The summed E-state index contributed by atoms with van der Waals surface area (Å²) < 4.78 is 27.3. The van der Waals surface area contributed by atoms with Gasteiger partial charge in [-0.15, -0.1) is 0 Å². The minimum atomic E-state index is -1.20. The molecule has 0 spiro atoms. The highest BCUT2D eigenvalue weighted by atomic mass is 35.5. The fourth-order valence-corrected chi connectivity index (χ4v) is 4.26. The summed E-state index contributed by atoms with van der Waals surface area (Å²) >= 11 is 6.28. The first-order chi connectivity index (χ1) is 20.2. The van der Waals surface area contributed by atoms with Gasteiger partial charge in [-0.25, -0.2) is 9.59 Å². The lowest BCUT2D eigenvalue weighted by atomic mass is 9.95. The maximum absolute atomic E-state index is 12.4. The Kier molecular flexibility index (Phi) is 11.7. The van der Waals surface area contributed by atoms with Crippen molar-refractivity contribution >= 4 is 29.8 Å². The number of nitrogens with zero attached hydrogens (tertiary/aromatic N) is 2. The van der Waals surface area contributed by atoms with Gasteiger partial charge in [0.25, 0.3) is 0 Å². The van der Waals surface area contributed by atoms with E-state index in [1.807, 2.05) is 6.07 Å². The van der Waals surface area contributed by atoms with Crippen LogP contribution in [0.3, 0.4) is 0 Å². The van der Waals surface area contributed by atoms with Crippen LogP contribution in [0.15, 0.2) is 46.7 Å². The van der Waals surface area contributed by atoms with E-state index < -0.39 is 24.3 Å². The number of urea groups is 1. The smallest absolute Gasteiger partial charge is 0.337 e. The highest BCUT2D eigenvalue weighted by Crippen LogP contribution is 2.37. The summed E-state index contributed by atoms with van der Waals surface area (Å²) in [5, 5.41) is 28.7. The summed E-state index contributed by atoms with van der Waals surface area (Å²) in [6, 6.07) is 8.79. The van der Waals surface area contributed by atoms with Crippen molar-refractivity contribution in [1.82, 2.24) is 16.1 Å². The second kappa shape index (κ2) is 15.4. The average Bonchev–Trinajstić information content (AvgIpc) is 2.95. The minimum Gasteiger partial charge on any atom is -0.490 e. The van der Waals surface area contributed by atoms with E-state index in [1.54, 1.807) is 51.1 Å². The number of carbonyl (C=O) groups is 2. The van der Waals surface area contributed by atoms with E-state index >= 15 is 0 Å². The van der Waals surface area contributed by atoms with Gasteiger partial charge < -0.3 is 39.4 Å². The van der Waals surface area contributed by atoms with E-state index in [-0.39, 0.29) is 29.6 Å². The predicted molar refractivity (Wildman–Crippen MR) is 153 cm³/mol. The third-order valence-electron chi connectivity index (χ3n) is 5.72. The number of allylic oxidation sites excluding steroid dienone is 1. The van der Waals surface area contributed by atoms with E-state index in [9.17, 15) is 14.7 Å². The Hall–Kier alpha value is -4.67. The van der Waals surface area contributed by atoms with Crippen LogP contribution in [-0.2, 0) is 9.53 Å². The number of nitrogens with one attached hydrogen (secondary N) is 3. The molecule has 14 heteroatoms. The molecule has 0 unspecified atom stereocenters. The summed E-state index contributed by atoms with van der Waals surface area (Å²) in [5.41, 5.74) is 4.32. The summed E-state index contributed by atoms with van der Waals surface area (Å²) in [7, 11) is 1.26. The Morgan fingerprint density at radius 1 is 1.17 bits per heavy atom. The van der Waals surface area contributed by atoms with E-state index in [4.69, 9.17) is 40.5 Å². The van der Waals surface area contributed by atoms with Crippen LogP contribution in [-0.4, -0.2) is 63.1 Å². The van der Waals surface area contributed by atoms with Gasteiger partial charge in [0.05, 0.1) is 43.2 Å². The molecule has 0 radical (unpaired) electrons. The molecule has 42 heavy (non-hydrogen) atoms. The summed E-state index contributed by atoms with van der Waals surface area (Å²) in [6.45, 7) is 5.50. The summed E-state index contributed by atoms with van der Waals surface area (Å²) in [5.74, 6) is 0.692. The third-order valence-corrected chi connectivity index (χ3v) is 6.00. The molecule has 0 aromatic heterocycles. The van der Waals surface area contributed by atoms with Crippen molar-refractivity contribution in [1.29, 1.82) is 5.26 Å². The lowest BCUT2D eigenvalue weighted by molar-refractivity contribution is -0.136. The van der Waals surface area contributed by atoms with Gasteiger partial charge in [-0.05, 0) is 56.2 Å². The van der Waals surface area contributed by atoms with Crippen LogP contribution in [0.25, 0.3) is 0 Å². The van der Waals surface area contributed by atoms with Gasteiger partial charge in [-0.2, -0.15) is 10.4 Å². The predicted octanol–water partition coefficient (Wildman–Crippen LogP) is 3.16. The van der Waals surface area contributed by atoms with Gasteiger partial charge in [-0.1, -0.05) is 17.7 Å². The lowest BCUT2D eigenvalue weighted by Gasteiger charge is -2.28. The van der Waals surface area contributed by atoms with E-state index in [2.05, 4.69) is 21.2 Å². The Morgan fingerprint density at radius 3 is 2.60 bits per heavy atom. The number of hydrogen-bond acceptors (Lipinski definition) is 11. The van der Waals surface area contributed by atoms with Gasteiger partial charge in [0.15, 0.2) is 35.8 Å². The molecule has 1 heterocycles. The molecule has 1 aliphatic heterocycles. The zero-order valence-electron chi connectivity index (χ0n) is 23.5. The van der Waals surface area contributed by atoms with Gasteiger partial charge in [-0.3, -0.25) is 5.43 Å². The van der Waals surface area contributed by atoms with Crippen molar-refractivity contribution in [2.45, 2.75) is 33.0 Å². The van der Waals surface area contributed by atoms with Gasteiger partial charge in [0.1, 0.15) is 12.7 Å². The number of hydrogen-bond donors (Lipinski definition) is 4. The molecular formula is C28H32ClN5O8. The number of halogens is 1. The van der Waals surface area contributed by atoms with Crippen molar-refractivity contribution in [3.05, 3.63) is 57.8 Å². The molecule has 4 N–H and O–H groups in total. The van der Waals surface area contributed by atoms with E-state index in [1.165, 1.54) is 13.3 Å². The third kappa shape index (κ3) is 8.18. The molecule has 2 aromatic carbocycles. The maximum atomic E-state index is 12.4. The lowest BCUT2D eigenvalue weighted by Crippen LogP contribution is -2.45. The molecule has 224 valence electrons. The van der Waals surface area contributed by atoms with Crippen molar-refractivity contribution in [3.63, 3.8) is 0 Å². The van der Waals surface area contributed by atoms with Crippen molar-refractivity contribution < 1.29 is 38.4 Å². The minimum absolute atomic E-state index is 0.186. The molecule has 2 amide bonds. The van der Waals surface area contributed by atoms with E-state index in [0.717, 1.165) is 0 Å². The van der Waals surface area contributed by atoms with Crippen molar-refractivity contribution in [2.24, 2.45) is 5.10 Å².